The van der Waals surface area contributed by atoms with Crippen molar-refractivity contribution < 1.29 is 27.6 Å². The van der Waals surface area contributed by atoms with E-state index < -0.39 is 96.6 Å². The lowest BCUT2D eigenvalue weighted by Gasteiger charge is -2.18. The summed E-state index contributed by atoms with van der Waals surface area (Å²) in [5.74, 6) is -2.91. The molecule has 0 radical (unpaired) electrons. The number of carbonyl (C=O) groups excluding carboxylic acids is 1. The Kier molecular flexibility index (Phi) is 2.84. The number of nitrogen functional groups attached to an aromatic ring is 2. The van der Waals surface area contributed by atoms with E-state index in [1.165, 1.54) is 0 Å². The zero-order valence-electron chi connectivity index (χ0n) is 25.7. The Bertz CT molecular complexity index is 1690. The first-order valence-corrected chi connectivity index (χ1v) is 8.41. The van der Waals surface area contributed by atoms with Crippen molar-refractivity contribution >= 4 is 34.4 Å². The van der Waals surface area contributed by atoms with Crippen molar-refractivity contribution in [2.75, 3.05) is 30.5 Å². The number of benzene rings is 1. The standard InChI is InChI=1S/C20H19FN8O2/c1-28(20(30)31-2)15-16(22)25-18(26-17(15)23)14-12-7-5-9-24-19(12)29(27-14)10-11-6-3-4-8-13(11)21/h3-9H,10H2,1-2H3,(H4,22,23,25,26)/i1D3,3D,4D,5D,6D,7D,8D,9D. The van der Waals surface area contributed by atoms with Crippen molar-refractivity contribution in [2.24, 2.45) is 0 Å². The molecule has 31 heavy (non-hydrogen) atoms. The highest BCUT2D eigenvalue weighted by molar-refractivity contribution is 5.96. The Morgan fingerprint density at radius 3 is 2.71 bits per heavy atom. The van der Waals surface area contributed by atoms with Crippen LogP contribution in [0.25, 0.3) is 22.6 Å². The van der Waals surface area contributed by atoms with E-state index in [2.05, 4.69) is 24.8 Å². The number of nitrogens with zero attached hydrogens (tertiary/aromatic N) is 6. The molecule has 10 nitrogen and oxygen atoms in total. The maximum Gasteiger partial charge on any atom is 0.413 e. The van der Waals surface area contributed by atoms with Gasteiger partial charge in [0.25, 0.3) is 0 Å². The fraction of sp³-hybridized carbons (Fsp3) is 0.150. The quantitative estimate of drug-likeness (QED) is 0.501. The van der Waals surface area contributed by atoms with Crippen LogP contribution in [0.15, 0.2) is 42.4 Å². The van der Waals surface area contributed by atoms with Crippen LogP contribution in [0.5, 0.6) is 0 Å². The van der Waals surface area contributed by atoms with Crippen LogP contribution < -0.4 is 16.4 Å². The summed E-state index contributed by atoms with van der Waals surface area (Å²) in [5, 5.41) is 3.99. The van der Waals surface area contributed by atoms with Gasteiger partial charge >= 0.3 is 6.09 Å². The van der Waals surface area contributed by atoms with Gasteiger partial charge in [-0.05, 0) is 18.1 Å². The van der Waals surface area contributed by atoms with Crippen LogP contribution in [0, 0.1) is 5.82 Å². The summed E-state index contributed by atoms with van der Waals surface area (Å²) in [6.07, 6.45) is -1.99. The van der Waals surface area contributed by atoms with Crippen LogP contribution in [-0.4, -0.2) is 44.9 Å². The number of amides is 1. The first-order valence-electron chi connectivity index (χ1n) is 13.4. The smallest absolute Gasteiger partial charge is 0.413 e. The molecule has 0 spiro atoms. The zero-order valence-corrected chi connectivity index (χ0v) is 15.7. The number of methoxy groups -OCH3 is 1. The largest absolute Gasteiger partial charge is 0.452 e. The van der Waals surface area contributed by atoms with Crippen LogP contribution in [-0.2, 0) is 11.3 Å². The molecule has 4 rings (SSSR count). The zero-order chi connectivity index (χ0) is 30.7. The summed E-state index contributed by atoms with van der Waals surface area (Å²) < 4.78 is 99.1. The first kappa shape index (κ1) is 11.2. The van der Waals surface area contributed by atoms with Gasteiger partial charge < -0.3 is 16.2 Å². The van der Waals surface area contributed by atoms with Gasteiger partial charge in [-0.2, -0.15) is 5.10 Å². The highest BCUT2D eigenvalue weighted by Gasteiger charge is 2.23. The highest BCUT2D eigenvalue weighted by atomic mass is 19.1. The summed E-state index contributed by atoms with van der Waals surface area (Å²) in [5.41, 5.74) is 10.3. The van der Waals surface area contributed by atoms with Gasteiger partial charge in [-0.25, -0.2) is 28.8 Å². The van der Waals surface area contributed by atoms with Gasteiger partial charge in [-0.1, -0.05) is 18.1 Å². The Labute approximate surface area is 190 Å². The second-order valence-corrected chi connectivity index (χ2v) is 5.94. The predicted molar refractivity (Wildman–Crippen MR) is 114 cm³/mol. The number of halogens is 1. The van der Waals surface area contributed by atoms with Gasteiger partial charge in [0, 0.05) is 22.8 Å². The summed E-state index contributed by atoms with van der Waals surface area (Å²) in [4.78, 5) is 24.3. The third-order valence-electron chi connectivity index (χ3n) is 4.08. The number of nitrogens with two attached hydrogens (primary N) is 2. The van der Waals surface area contributed by atoms with Crippen molar-refractivity contribution in [3.8, 4) is 11.5 Å². The number of anilines is 3. The number of carbonyl (C=O) groups is 1. The molecule has 0 aliphatic carbocycles. The second-order valence-electron chi connectivity index (χ2n) is 5.94. The van der Waals surface area contributed by atoms with Crippen LogP contribution in [0.3, 0.4) is 0 Å². The number of hydrogen-bond acceptors (Lipinski definition) is 8. The van der Waals surface area contributed by atoms with Crippen molar-refractivity contribution in [1.82, 2.24) is 24.7 Å². The molecular formula is C20H19FN8O2. The highest BCUT2D eigenvalue weighted by Crippen LogP contribution is 2.32. The van der Waals surface area contributed by atoms with Crippen LogP contribution in [0.1, 0.15) is 19.3 Å². The van der Waals surface area contributed by atoms with Gasteiger partial charge in [-0.3, -0.25) is 4.90 Å². The molecule has 3 heterocycles. The lowest BCUT2D eigenvalue weighted by Crippen LogP contribution is -2.28. The van der Waals surface area contributed by atoms with E-state index in [9.17, 15) is 9.18 Å². The molecule has 4 N–H and O–H groups in total. The molecule has 0 bridgehead atoms. The minimum absolute atomic E-state index is 0.162. The number of hydrogen-bond donors (Lipinski definition) is 2. The van der Waals surface area contributed by atoms with Crippen molar-refractivity contribution in [3.05, 3.63) is 53.8 Å². The molecule has 0 aliphatic rings. The van der Waals surface area contributed by atoms with E-state index in [0.29, 0.717) is 0 Å². The van der Waals surface area contributed by atoms with Gasteiger partial charge in [0.05, 0.1) is 28.6 Å². The third-order valence-corrected chi connectivity index (χ3v) is 4.08. The van der Waals surface area contributed by atoms with E-state index in [1.54, 1.807) is 0 Å². The molecule has 0 fully saturated rings. The molecule has 3 aromatic heterocycles. The Hall–Kier alpha value is -4.28. The molecule has 4 aromatic rings. The van der Waals surface area contributed by atoms with Crippen molar-refractivity contribution in [1.29, 1.82) is 0 Å². The molecule has 1 amide bonds. The number of aromatic nitrogens is 5. The average Bonchev–Trinajstić information content (AvgIpc) is 3.26. The van der Waals surface area contributed by atoms with E-state index >= 15 is 0 Å². The van der Waals surface area contributed by atoms with Crippen LogP contribution in [0.4, 0.5) is 26.5 Å². The molecular weight excluding hydrogens is 403 g/mol. The molecule has 1 aromatic carbocycles. The summed E-state index contributed by atoms with van der Waals surface area (Å²) in [7, 11) is 0.930. The predicted octanol–water partition coefficient (Wildman–Crippen LogP) is 2.44. The molecule has 0 atom stereocenters. The van der Waals surface area contributed by atoms with Crippen molar-refractivity contribution in [2.45, 2.75) is 6.54 Å². The fourth-order valence-electron chi connectivity index (χ4n) is 2.71. The lowest BCUT2D eigenvalue weighted by molar-refractivity contribution is 0.180. The monoisotopic (exact) mass is 432 g/mol. The van der Waals surface area contributed by atoms with Gasteiger partial charge in [-0.15, -0.1) is 0 Å². The second kappa shape index (κ2) is 7.86. The van der Waals surface area contributed by atoms with E-state index in [1.807, 2.05) is 0 Å². The molecule has 158 valence electrons. The summed E-state index contributed by atoms with van der Waals surface area (Å²) >= 11 is 0. The summed E-state index contributed by atoms with van der Waals surface area (Å²) in [6.45, 7) is -3.77. The molecule has 0 saturated carbocycles. The van der Waals surface area contributed by atoms with Crippen LogP contribution >= 0.6 is 0 Å². The summed E-state index contributed by atoms with van der Waals surface area (Å²) in [6, 6.07) is -4.33. The third kappa shape index (κ3) is 3.56. The van der Waals surface area contributed by atoms with Gasteiger partial charge in [0.15, 0.2) is 23.1 Å². The minimum atomic E-state index is -3.11. The lowest BCUT2D eigenvalue weighted by atomic mass is 10.2. The van der Waals surface area contributed by atoms with Gasteiger partial charge in [0.1, 0.15) is 17.2 Å². The van der Waals surface area contributed by atoms with Crippen molar-refractivity contribution in [3.63, 3.8) is 0 Å². The first-order chi connectivity index (χ1) is 19.0. The Morgan fingerprint density at radius 1 is 1.26 bits per heavy atom. The number of fused-ring (bicyclic) bond motifs is 1. The maximum absolute atomic E-state index is 14.9. The van der Waals surface area contributed by atoms with Crippen LogP contribution in [0.2, 0.25) is 0 Å². The molecule has 0 unspecified atom stereocenters. The minimum Gasteiger partial charge on any atom is -0.452 e. The van der Waals surface area contributed by atoms with E-state index in [0.717, 1.165) is 11.8 Å². The van der Waals surface area contributed by atoms with E-state index in [-0.39, 0.29) is 21.6 Å². The maximum atomic E-state index is 14.9. The molecule has 0 saturated heterocycles. The Morgan fingerprint density at radius 2 is 2.00 bits per heavy atom. The topological polar surface area (TPSA) is 138 Å². The fourth-order valence-corrected chi connectivity index (χ4v) is 2.71. The number of rotatable bonds is 4. The SMILES string of the molecule is [2H]c1nc2c(c(-c3nc(N)c(N(C(=O)OC)C([2H])([2H])[2H])c(N)n3)nn2Cc2c([2H])c([2H])c([2H])c([2H])c2F)c([2H])c1[2H]. The molecule has 0 aliphatic heterocycles. The van der Waals surface area contributed by atoms with Gasteiger partial charge in [0.2, 0.25) is 0 Å². The average molecular weight is 432 g/mol. The number of pyridine rings is 1. The molecule has 11 heteroatoms. The number of ether oxygens (including phenoxy) is 1. The van der Waals surface area contributed by atoms with E-state index in [4.69, 9.17) is 25.2 Å². The normalized spacial score (nSPS) is 15.9. The Balaban J connectivity index is 1.99.